The van der Waals surface area contributed by atoms with Crippen molar-refractivity contribution in [2.24, 2.45) is 0 Å². The van der Waals surface area contributed by atoms with Crippen molar-refractivity contribution in [3.05, 3.63) is 34.7 Å². The van der Waals surface area contributed by atoms with Crippen molar-refractivity contribution in [3.8, 4) is 0 Å². The summed E-state index contributed by atoms with van der Waals surface area (Å²) in [5.41, 5.74) is 1.97. The van der Waals surface area contributed by atoms with Crippen LogP contribution < -0.4 is 5.32 Å². The Bertz CT molecular complexity index is 618. The molecule has 1 N–H and O–H groups in total. The van der Waals surface area contributed by atoms with E-state index in [0.29, 0.717) is 10.5 Å². The molecule has 0 radical (unpaired) electrons. The van der Waals surface area contributed by atoms with Crippen LogP contribution in [0.4, 0.5) is 10.1 Å². The molecule has 0 saturated heterocycles. The van der Waals surface area contributed by atoms with Crippen LogP contribution in [0.3, 0.4) is 0 Å². The van der Waals surface area contributed by atoms with E-state index in [1.54, 1.807) is 6.07 Å². The number of nitrogens with zero attached hydrogens (tertiary/aromatic N) is 1. The highest BCUT2D eigenvalue weighted by molar-refractivity contribution is 6.31. The Labute approximate surface area is 118 Å². The smallest absolute Gasteiger partial charge is 0.150 e. The van der Waals surface area contributed by atoms with Gasteiger partial charge in [-0.1, -0.05) is 32.4 Å². The van der Waals surface area contributed by atoms with Crippen LogP contribution in [-0.4, -0.2) is 11.5 Å². The number of benzene rings is 1. The molecule has 1 aromatic heterocycles. The third-order valence-electron chi connectivity index (χ3n) is 2.97. The van der Waals surface area contributed by atoms with Crippen molar-refractivity contribution >= 4 is 28.2 Å². The van der Waals surface area contributed by atoms with Crippen LogP contribution in [0.5, 0.6) is 0 Å². The molecule has 2 nitrogen and oxygen atoms in total. The van der Waals surface area contributed by atoms with Crippen LogP contribution in [0.25, 0.3) is 10.9 Å². The van der Waals surface area contributed by atoms with Gasteiger partial charge in [-0.25, -0.2) is 9.37 Å². The topological polar surface area (TPSA) is 24.9 Å². The summed E-state index contributed by atoms with van der Waals surface area (Å²) in [6.45, 7) is 8.95. The molecule has 0 amide bonds. The standard InChI is InChI=1S/C15H18ClFN2/c1-5-18-12-8-13(15(2,3)4)19-14-10(12)6-9(16)7-11(14)17/h6-8H,5H2,1-4H3,(H,18,19). The number of hydrogen-bond donors (Lipinski definition) is 1. The molecule has 19 heavy (non-hydrogen) atoms. The van der Waals surface area contributed by atoms with Crippen molar-refractivity contribution in [2.75, 3.05) is 11.9 Å². The average Bonchev–Trinajstić information content (AvgIpc) is 2.28. The fraction of sp³-hybridized carbons (Fsp3) is 0.400. The molecule has 0 atom stereocenters. The number of aromatic nitrogens is 1. The summed E-state index contributed by atoms with van der Waals surface area (Å²) in [6, 6.07) is 5.03. The maximum absolute atomic E-state index is 14.1. The van der Waals surface area contributed by atoms with Crippen molar-refractivity contribution in [2.45, 2.75) is 33.1 Å². The first kappa shape index (κ1) is 14.1. The quantitative estimate of drug-likeness (QED) is 0.858. The van der Waals surface area contributed by atoms with Crippen LogP contribution in [0.15, 0.2) is 18.2 Å². The van der Waals surface area contributed by atoms with Crippen molar-refractivity contribution in [1.82, 2.24) is 4.98 Å². The molecule has 4 heteroatoms. The molecule has 0 spiro atoms. The van der Waals surface area contributed by atoms with Gasteiger partial charge in [-0.3, -0.25) is 0 Å². The van der Waals surface area contributed by atoms with Crippen molar-refractivity contribution < 1.29 is 4.39 Å². The molecule has 0 aliphatic carbocycles. The first-order valence-corrected chi connectivity index (χ1v) is 6.75. The lowest BCUT2D eigenvalue weighted by Gasteiger charge is -2.20. The number of pyridine rings is 1. The fourth-order valence-corrected chi connectivity index (χ4v) is 2.18. The van der Waals surface area contributed by atoms with Gasteiger partial charge < -0.3 is 5.32 Å². The molecule has 2 rings (SSSR count). The third-order valence-corrected chi connectivity index (χ3v) is 3.19. The summed E-state index contributed by atoms with van der Waals surface area (Å²) in [6.07, 6.45) is 0. The zero-order valence-electron chi connectivity index (χ0n) is 11.6. The van der Waals surface area contributed by atoms with Crippen LogP contribution in [0.2, 0.25) is 5.02 Å². The minimum atomic E-state index is -0.382. The van der Waals surface area contributed by atoms with Gasteiger partial charge in [0.05, 0.1) is 0 Å². The van der Waals surface area contributed by atoms with E-state index in [1.165, 1.54) is 6.07 Å². The maximum atomic E-state index is 14.1. The van der Waals surface area contributed by atoms with Gasteiger partial charge in [0.25, 0.3) is 0 Å². The predicted octanol–water partition coefficient (Wildman–Crippen LogP) is 4.76. The number of nitrogens with one attached hydrogen (secondary N) is 1. The highest BCUT2D eigenvalue weighted by atomic mass is 35.5. The normalized spacial score (nSPS) is 11.9. The lowest BCUT2D eigenvalue weighted by atomic mass is 9.90. The highest BCUT2D eigenvalue weighted by Crippen LogP contribution is 2.32. The zero-order chi connectivity index (χ0) is 14.2. The Morgan fingerprint density at radius 2 is 1.95 bits per heavy atom. The Morgan fingerprint density at radius 1 is 1.26 bits per heavy atom. The molecule has 0 bridgehead atoms. The fourth-order valence-electron chi connectivity index (χ4n) is 1.97. The summed E-state index contributed by atoms with van der Waals surface area (Å²) < 4.78 is 14.1. The number of hydrogen-bond acceptors (Lipinski definition) is 2. The molecule has 102 valence electrons. The Hall–Kier alpha value is -1.35. The highest BCUT2D eigenvalue weighted by Gasteiger charge is 2.19. The SMILES string of the molecule is CCNc1cc(C(C)(C)C)nc2c(F)cc(Cl)cc12. The summed E-state index contributed by atoms with van der Waals surface area (Å²) in [5.74, 6) is -0.382. The number of anilines is 1. The van der Waals surface area contributed by atoms with Crippen LogP contribution in [-0.2, 0) is 5.41 Å². The van der Waals surface area contributed by atoms with E-state index < -0.39 is 0 Å². The molecule has 0 saturated carbocycles. The molecule has 0 fully saturated rings. The summed E-state index contributed by atoms with van der Waals surface area (Å²) in [4.78, 5) is 4.46. The minimum Gasteiger partial charge on any atom is -0.385 e. The second-order valence-electron chi connectivity index (χ2n) is 5.62. The zero-order valence-corrected chi connectivity index (χ0v) is 12.4. The molecule has 2 aromatic rings. The van der Waals surface area contributed by atoms with Crippen molar-refractivity contribution in [1.29, 1.82) is 0 Å². The monoisotopic (exact) mass is 280 g/mol. The molecule has 0 aliphatic rings. The Kier molecular flexibility index (Phi) is 3.68. The van der Waals surface area contributed by atoms with Gasteiger partial charge in [-0.15, -0.1) is 0 Å². The second-order valence-corrected chi connectivity index (χ2v) is 6.06. The largest absolute Gasteiger partial charge is 0.385 e. The van der Waals surface area contributed by atoms with E-state index in [9.17, 15) is 4.39 Å². The first-order valence-electron chi connectivity index (χ1n) is 6.37. The number of rotatable bonds is 2. The van der Waals surface area contributed by atoms with Gasteiger partial charge in [-0.2, -0.15) is 0 Å². The molecular formula is C15H18ClFN2. The van der Waals surface area contributed by atoms with Crippen LogP contribution in [0.1, 0.15) is 33.4 Å². The van der Waals surface area contributed by atoms with E-state index in [1.807, 2.05) is 13.0 Å². The molecule has 0 unspecified atom stereocenters. The van der Waals surface area contributed by atoms with Gasteiger partial charge in [0.1, 0.15) is 5.52 Å². The van der Waals surface area contributed by atoms with Gasteiger partial charge >= 0.3 is 0 Å². The predicted molar refractivity (Wildman–Crippen MR) is 79.6 cm³/mol. The molecule has 0 aliphatic heterocycles. The minimum absolute atomic E-state index is 0.134. The number of halogens is 2. The lowest BCUT2D eigenvalue weighted by Crippen LogP contribution is -2.15. The molecule has 1 aromatic carbocycles. The van der Waals surface area contributed by atoms with E-state index in [0.717, 1.165) is 23.3 Å². The number of fused-ring (bicyclic) bond motifs is 1. The summed E-state index contributed by atoms with van der Waals surface area (Å²) in [5, 5.41) is 4.36. The van der Waals surface area contributed by atoms with E-state index in [-0.39, 0.29) is 11.2 Å². The molecule has 1 heterocycles. The second kappa shape index (κ2) is 4.97. The molecular weight excluding hydrogens is 263 g/mol. The summed E-state index contributed by atoms with van der Waals surface area (Å²) in [7, 11) is 0. The maximum Gasteiger partial charge on any atom is 0.150 e. The van der Waals surface area contributed by atoms with E-state index in [4.69, 9.17) is 11.6 Å². The first-order chi connectivity index (χ1) is 8.82. The van der Waals surface area contributed by atoms with E-state index in [2.05, 4.69) is 31.1 Å². The lowest BCUT2D eigenvalue weighted by molar-refractivity contribution is 0.569. The van der Waals surface area contributed by atoms with Gasteiger partial charge in [0, 0.05) is 33.7 Å². The van der Waals surface area contributed by atoms with Gasteiger partial charge in [-0.05, 0) is 25.1 Å². The van der Waals surface area contributed by atoms with Crippen molar-refractivity contribution in [3.63, 3.8) is 0 Å². The van der Waals surface area contributed by atoms with Gasteiger partial charge in [0.2, 0.25) is 0 Å². The average molecular weight is 281 g/mol. The van der Waals surface area contributed by atoms with Crippen LogP contribution in [0, 0.1) is 5.82 Å². The van der Waals surface area contributed by atoms with Gasteiger partial charge in [0.15, 0.2) is 5.82 Å². The Morgan fingerprint density at radius 3 is 2.53 bits per heavy atom. The summed E-state index contributed by atoms with van der Waals surface area (Å²) >= 11 is 5.93. The van der Waals surface area contributed by atoms with Crippen LogP contribution >= 0.6 is 11.6 Å². The third kappa shape index (κ3) is 2.81. The van der Waals surface area contributed by atoms with E-state index >= 15 is 0 Å². The Balaban J connectivity index is 2.79.